The fourth-order valence-corrected chi connectivity index (χ4v) is 3.68. The maximum absolute atomic E-state index is 12.3. The first-order valence-corrected chi connectivity index (χ1v) is 10.2. The van der Waals surface area contributed by atoms with E-state index in [1.165, 1.54) is 11.3 Å². The number of hydrogen-bond donors (Lipinski definition) is 3. The number of amides is 4. The summed E-state index contributed by atoms with van der Waals surface area (Å²) in [6.45, 7) is 1.50. The first-order chi connectivity index (χ1) is 13.6. The number of carbonyl (C=O) groups is 3. The van der Waals surface area contributed by atoms with Crippen LogP contribution in [0.2, 0.25) is 0 Å². The highest BCUT2D eigenvalue weighted by Crippen LogP contribution is 2.13. The second-order valence-electron chi connectivity index (χ2n) is 6.61. The quantitative estimate of drug-likeness (QED) is 0.696. The van der Waals surface area contributed by atoms with E-state index in [0.29, 0.717) is 24.5 Å². The number of nitrogens with zero attached hydrogens (tertiary/aromatic N) is 1. The van der Waals surface area contributed by atoms with Crippen molar-refractivity contribution in [2.45, 2.75) is 25.3 Å². The van der Waals surface area contributed by atoms with Crippen molar-refractivity contribution in [1.29, 1.82) is 0 Å². The van der Waals surface area contributed by atoms with Crippen LogP contribution < -0.4 is 16.0 Å². The number of urea groups is 1. The number of rotatable bonds is 6. The van der Waals surface area contributed by atoms with E-state index in [4.69, 9.17) is 0 Å². The molecule has 1 fully saturated rings. The van der Waals surface area contributed by atoms with Crippen molar-refractivity contribution in [3.8, 4) is 0 Å². The van der Waals surface area contributed by atoms with Crippen LogP contribution in [0.5, 0.6) is 0 Å². The van der Waals surface area contributed by atoms with Gasteiger partial charge >= 0.3 is 6.03 Å². The lowest BCUT2D eigenvalue weighted by molar-refractivity contribution is -0.121. The minimum atomic E-state index is -0.152. The van der Waals surface area contributed by atoms with Crippen molar-refractivity contribution in [1.82, 2.24) is 15.5 Å². The van der Waals surface area contributed by atoms with Gasteiger partial charge in [-0.1, -0.05) is 24.3 Å². The molecule has 1 aliphatic heterocycles. The molecule has 0 atom stereocenters. The monoisotopic (exact) mass is 400 g/mol. The molecular weight excluding hydrogens is 376 g/mol. The third-order valence-electron chi connectivity index (χ3n) is 4.55. The number of piperidine rings is 1. The van der Waals surface area contributed by atoms with Crippen LogP contribution in [-0.2, 0) is 4.79 Å². The van der Waals surface area contributed by atoms with Gasteiger partial charge in [0.05, 0.1) is 4.88 Å². The normalized spacial score (nSPS) is 14.4. The predicted octanol–water partition coefficient (Wildman–Crippen LogP) is 2.68. The summed E-state index contributed by atoms with van der Waals surface area (Å²) in [5, 5.41) is 10.5. The Morgan fingerprint density at radius 3 is 2.46 bits per heavy atom. The number of likely N-dealkylation sites (tertiary alicyclic amines) is 1. The summed E-state index contributed by atoms with van der Waals surface area (Å²) < 4.78 is 0. The molecule has 3 N–H and O–H groups in total. The first-order valence-electron chi connectivity index (χ1n) is 9.34. The molecule has 0 spiro atoms. The molecule has 7 nitrogen and oxygen atoms in total. The van der Waals surface area contributed by atoms with Crippen molar-refractivity contribution in [3.63, 3.8) is 0 Å². The fraction of sp³-hybridized carbons (Fsp3) is 0.350. The largest absolute Gasteiger partial charge is 0.353 e. The van der Waals surface area contributed by atoms with E-state index < -0.39 is 0 Å². The third kappa shape index (κ3) is 5.82. The van der Waals surface area contributed by atoms with E-state index >= 15 is 0 Å². The van der Waals surface area contributed by atoms with Crippen LogP contribution in [0.1, 0.15) is 28.9 Å². The van der Waals surface area contributed by atoms with Crippen LogP contribution in [0, 0.1) is 0 Å². The highest BCUT2D eigenvalue weighted by Gasteiger charge is 2.23. The van der Waals surface area contributed by atoms with Gasteiger partial charge in [0.1, 0.15) is 0 Å². The maximum Gasteiger partial charge on any atom is 0.321 e. The van der Waals surface area contributed by atoms with Crippen molar-refractivity contribution in [2.75, 3.05) is 25.0 Å². The van der Waals surface area contributed by atoms with Crippen molar-refractivity contribution < 1.29 is 14.4 Å². The summed E-state index contributed by atoms with van der Waals surface area (Å²) in [4.78, 5) is 38.6. The van der Waals surface area contributed by atoms with E-state index in [1.54, 1.807) is 11.0 Å². The average molecular weight is 401 g/mol. The molecule has 28 heavy (non-hydrogen) atoms. The lowest BCUT2D eigenvalue weighted by Gasteiger charge is -2.32. The Kier molecular flexibility index (Phi) is 7.02. The van der Waals surface area contributed by atoms with E-state index in [-0.39, 0.29) is 30.3 Å². The van der Waals surface area contributed by atoms with Crippen LogP contribution in [0.15, 0.2) is 47.8 Å². The molecule has 0 bridgehead atoms. The molecule has 0 saturated carbocycles. The minimum Gasteiger partial charge on any atom is -0.353 e. The van der Waals surface area contributed by atoms with Crippen LogP contribution in [0.4, 0.5) is 10.5 Å². The average Bonchev–Trinajstić information content (AvgIpc) is 3.24. The number of anilines is 1. The summed E-state index contributed by atoms with van der Waals surface area (Å²) >= 11 is 1.37. The Hall–Kier alpha value is -2.87. The molecule has 4 amide bonds. The second-order valence-corrected chi connectivity index (χ2v) is 7.56. The molecule has 0 aliphatic carbocycles. The molecule has 3 rings (SSSR count). The van der Waals surface area contributed by atoms with Crippen molar-refractivity contribution in [3.05, 3.63) is 52.7 Å². The summed E-state index contributed by atoms with van der Waals surface area (Å²) in [6, 6.07) is 12.9. The zero-order valence-electron chi connectivity index (χ0n) is 15.5. The van der Waals surface area contributed by atoms with Gasteiger partial charge in [0.2, 0.25) is 5.91 Å². The standard InChI is InChI=1S/C20H24N4O3S/c25-18(8-11-21-19(26)17-7-4-14-28-17)22-16-9-12-24(13-10-16)20(27)23-15-5-2-1-3-6-15/h1-7,14,16H,8-13H2,(H,21,26)(H,22,25)(H,23,27). The Morgan fingerprint density at radius 1 is 1.04 bits per heavy atom. The van der Waals surface area contributed by atoms with Gasteiger partial charge < -0.3 is 20.9 Å². The minimum absolute atomic E-state index is 0.0567. The molecule has 148 valence electrons. The smallest absolute Gasteiger partial charge is 0.321 e. The lowest BCUT2D eigenvalue weighted by atomic mass is 10.1. The topological polar surface area (TPSA) is 90.5 Å². The summed E-state index contributed by atoms with van der Waals surface area (Å²) in [6.07, 6.45) is 1.68. The van der Waals surface area contributed by atoms with Crippen molar-refractivity contribution >= 4 is 34.9 Å². The SMILES string of the molecule is O=C(CCNC(=O)c1cccs1)NC1CCN(C(=O)Nc2ccccc2)CC1. The van der Waals surface area contributed by atoms with Crippen LogP contribution in [0.25, 0.3) is 0 Å². The number of hydrogen-bond acceptors (Lipinski definition) is 4. The van der Waals surface area contributed by atoms with E-state index in [1.807, 2.05) is 41.8 Å². The lowest BCUT2D eigenvalue weighted by Crippen LogP contribution is -2.48. The van der Waals surface area contributed by atoms with Crippen molar-refractivity contribution in [2.24, 2.45) is 0 Å². The Labute approximate surface area is 168 Å². The molecule has 1 aliphatic rings. The van der Waals surface area contributed by atoms with E-state index in [9.17, 15) is 14.4 Å². The molecule has 1 aromatic heterocycles. The Bertz CT molecular complexity index is 787. The predicted molar refractivity (Wildman–Crippen MR) is 109 cm³/mol. The number of benzene rings is 1. The fourth-order valence-electron chi connectivity index (χ4n) is 3.04. The molecule has 0 unspecified atom stereocenters. The zero-order valence-corrected chi connectivity index (χ0v) is 16.3. The summed E-state index contributed by atoms with van der Waals surface area (Å²) in [5.74, 6) is -0.237. The first kappa shape index (κ1) is 19.9. The maximum atomic E-state index is 12.3. The zero-order chi connectivity index (χ0) is 19.8. The highest BCUT2D eigenvalue weighted by molar-refractivity contribution is 7.12. The Balaban J connectivity index is 1.33. The highest BCUT2D eigenvalue weighted by atomic mass is 32.1. The number of carbonyl (C=O) groups excluding carboxylic acids is 3. The van der Waals surface area contributed by atoms with Gasteiger partial charge in [-0.25, -0.2) is 4.79 Å². The molecule has 1 saturated heterocycles. The Morgan fingerprint density at radius 2 is 1.79 bits per heavy atom. The molecule has 0 radical (unpaired) electrons. The van der Waals surface area contributed by atoms with Gasteiger partial charge in [-0.2, -0.15) is 0 Å². The van der Waals surface area contributed by atoms with Gasteiger partial charge in [-0.3, -0.25) is 9.59 Å². The molecule has 2 heterocycles. The summed E-state index contributed by atoms with van der Waals surface area (Å²) in [5.41, 5.74) is 0.771. The van der Waals surface area contributed by atoms with Crippen LogP contribution in [0.3, 0.4) is 0 Å². The van der Waals surface area contributed by atoms with Gasteiger partial charge in [-0.15, -0.1) is 11.3 Å². The van der Waals surface area contributed by atoms with E-state index in [0.717, 1.165) is 18.5 Å². The number of para-hydroxylation sites is 1. The molecule has 1 aromatic carbocycles. The van der Waals surface area contributed by atoms with Gasteiger partial charge in [0.15, 0.2) is 0 Å². The third-order valence-corrected chi connectivity index (χ3v) is 5.42. The van der Waals surface area contributed by atoms with Gasteiger partial charge in [0.25, 0.3) is 5.91 Å². The number of nitrogens with one attached hydrogen (secondary N) is 3. The van der Waals surface area contributed by atoms with Crippen LogP contribution in [-0.4, -0.2) is 48.4 Å². The summed E-state index contributed by atoms with van der Waals surface area (Å²) in [7, 11) is 0. The number of thiophene rings is 1. The molecule has 2 aromatic rings. The van der Waals surface area contributed by atoms with Gasteiger partial charge in [-0.05, 0) is 36.4 Å². The van der Waals surface area contributed by atoms with Gasteiger partial charge in [0, 0.05) is 37.8 Å². The molecule has 8 heteroatoms. The second kappa shape index (κ2) is 9.89. The van der Waals surface area contributed by atoms with E-state index in [2.05, 4.69) is 16.0 Å². The molecular formula is C20H24N4O3S. The van der Waals surface area contributed by atoms with Crippen LogP contribution >= 0.6 is 11.3 Å².